The second-order valence-electron chi connectivity index (χ2n) is 6.37. The summed E-state index contributed by atoms with van der Waals surface area (Å²) in [5, 5.41) is 3.55. The zero-order valence-electron chi connectivity index (χ0n) is 12.3. The molecule has 0 heterocycles. The Hall–Kier alpha value is -0.0900. The molecule has 0 radical (unpaired) electrons. The monoisotopic (exact) mass is 275 g/mol. The highest BCUT2D eigenvalue weighted by molar-refractivity contribution is 7.91. The SMILES string of the molecule is CCCS(=O)(=O)CCC(C)(CNC1CC1)C(C)C. The molecule has 18 heavy (non-hydrogen) atoms. The minimum Gasteiger partial charge on any atom is -0.313 e. The van der Waals surface area contributed by atoms with Gasteiger partial charge in [0.05, 0.1) is 5.75 Å². The van der Waals surface area contributed by atoms with Crippen LogP contribution in [-0.2, 0) is 9.84 Å². The molecule has 1 rings (SSSR count). The van der Waals surface area contributed by atoms with E-state index < -0.39 is 9.84 Å². The second-order valence-corrected chi connectivity index (χ2v) is 8.67. The van der Waals surface area contributed by atoms with Gasteiger partial charge in [-0.3, -0.25) is 0 Å². The van der Waals surface area contributed by atoms with Crippen LogP contribution in [0.5, 0.6) is 0 Å². The first-order valence-corrected chi connectivity index (χ1v) is 9.05. The van der Waals surface area contributed by atoms with Crippen molar-refractivity contribution in [2.24, 2.45) is 11.3 Å². The standard InChI is InChI=1S/C14H29NO2S/c1-5-9-18(16,17)10-8-14(4,12(2)3)11-15-13-6-7-13/h12-13,15H,5-11H2,1-4H3. The summed E-state index contributed by atoms with van der Waals surface area (Å²) < 4.78 is 23.7. The van der Waals surface area contributed by atoms with Crippen molar-refractivity contribution >= 4 is 9.84 Å². The van der Waals surface area contributed by atoms with Crippen molar-refractivity contribution in [3.63, 3.8) is 0 Å². The van der Waals surface area contributed by atoms with E-state index in [0.717, 1.165) is 19.4 Å². The Morgan fingerprint density at radius 2 is 1.89 bits per heavy atom. The number of sulfone groups is 1. The molecule has 0 aromatic carbocycles. The molecule has 0 aromatic rings. The Balaban J connectivity index is 2.50. The van der Waals surface area contributed by atoms with Crippen LogP contribution in [0.15, 0.2) is 0 Å². The number of rotatable bonds is 9. The van der Waals surface area contributed by atoms with Gasteiger partial charge in [-0.1, -0.05) is 27.7 Å². The molecular formula is C14H29NO2S. The number of nitrogens with one attached hydrogen (secondary N) is 1. The Kier molecular flexibility index (Phi) is 5.66. The summed E-state index contributed by atoms with van der Waals surface area (Å²) in [5.74, 6) is 1.17. The van der Waals surface area contributed by atoms with Crippen molar-refractivity contribution in [1.29, 1.82) is 0 Å². The van der Waals surface area contributed by atoms with Gasteiger partial charge in [-0.25, -0.2) is 8.42 Å². The zero-order valence-corrected chi connectivity index (χ0v) is 13.1. The molecule has 1 unspecified atom stereocenters. The topological polar surface area (TPSA) is 46.2 Å². The lowest BCUT2D eigenvalue weighted by Crippen LogP contribution is -2.38. The average Bonchev–Trinajstić information content (AvgIpc) is 3.07. The molecule has 0 spiro atoms. The second kappa shape index (κ2) is 6.38. The van der Waals surface area contributed by atoms with Crippen LogP contribution in [-0.4, -0.2) is 32.5 Å². The summed E-state index contributed by atoms with van der Waals surface area (Å²) in [5.41, 5.74) is 0.0867. The Morgan fingerprint density at radius 1 is 1.28 bits per heavy atom. The van der Waals surface area contributed by atoms with Crippen LogP contribution in [0.3, 0.4) is 0 Å². The minimum absolute atomic E-state index is 0.0867. The minimum atomic E-state index is -2.85. The van der Waals surface area contributed by atoms with Gasteiger partial charge in [0.1, 0.15) is 9.84 Å². The lowest BCUT2D eigenvalue weighted by atomic mass is 9.77. The molecule has 0 bridgehead atoms. The number of hydrogen-bond acceptors (Lipinski definition) is 3. The molecule has 3 nitrogen and oxygen atoms in total. The van der Waals surface area contributed by atoms with E-state index in [4.69, 9.17) is 0 Å². The van der Waals surface area contributed by atoms with E-state index in [2.05, 4.69) is 26.1 Å². The van der Waals surface area contributed by atoms with Crippen LogP contribution in [0, 0.1) is 11.3 Å². The zero-order chi connectivity index (χ0) is 13.8. The molecule has 0 amide bonds. The maximum absolute atomic E-state index is 11.8. The Labute approximate surface area is 113 Å². The molecule has 1 fully saturated rings. The third-order valence-electron chi connectivity index (χ3n) is 4.27. The van der Waals surface area contributed by atoms with Crippen molar-refractivity contribution in [3.05, 3.63) is 0 Å². The molecular weight excluding hydrogens is 246 g/mol. The fourth-order valence-corrected chi connectivity index (χ4v) is 3.65. The van der Waals surface area contributed by atoms with Gasteiger partial charge in [-0.2, -0.15) is 0 Å². The van der Waals surface area contributed by atoms with E-state index in [-0.39, 0.29) is 5.41 Å². The van der Waals surface area contributed by atoms with Gasteiger partial charge in [-0.15, -0.1) is 0 Å². The van der Waals surface area contributed by atoms with Crippen molar-refractivity contribution in [3.8, 4) is 0 Å². The summed E-state index contributed by atoms with van der Waals surface area (Å²) in [6, 6.07) is 0.690. The first-order valence-electron chi connectivity index (χ1n) is 7.23. The summed E-state index contributed by atoms with van der Waals surface area (Å²) in [6.07, 6.45) is 4.05. The molecule has 4 heteroatoms. The quantitative estimate of drug-likeness (QED) is 0.703. The first-order chi connectivity index (χ1) is 8.29. The smallest absolute Gasteiger partial charge is 0.150 e. The third kappa shape index (κ3) is 5.27. The number of hydrogen-bond donors (Lipinski definition) is 1. The summed E-state index contributed by atoms with van der Waals surface area (Å²) in [6.45, 7) is 9.47. The van der Waals surface area contributed by atoms with E-state index in [0.29, 0.717) is 23.5 Å². The first kappa shape index (κ1) is 16.0. The fourth-order valence-electron chi connectivity index (χ4n) is 2.05. The van der Waals surface area contributed by atoms with Gasteiger partial charge < -0.3 is 5.32 Å². The van der Waals surface area contributed by atoms with Crippen LogP contribution in [0.4, 0.5) is 0 Å². The van der Waals surface area contributed by atoms with Crippen molar-refractivity contribution in [2.45, 2.75) is 59.4 Å². The predicted molar refractivity (Wildman–Crippen MR) is 77.5 cm³/mol. The van der Waals surface area contributed by atoms with Crippen molar-refractivity contribution < 1.29 is 8.42 Å². The van der Waals surface area contributed by atoms with Crippen LogP contribution in [0.1, 0.15) is 53.4 Å². The highest BCUT2D eigenvalue weighted by atomic mass is 32.2. The molecule has 1 N–H and O–H groups in total. The van der Waals surface area contributed by atoms with Gasteiger partial charge in [-0.05, 0) is 37.0 Å². The van der Waals surface area contributed by atoms with Crippen LogP contribution in [0.25, 0.3) is 0 Å². The van der Waals surface area contributed by atoms with Crippen LogP contribution < -0.4 is 5.32 Å². The summed E-state index contributed by atoms with van der Waals surface area (Å²) in [7, 11) is -2.85. The maximum atomic E-state index is 11.8. The molecule has 1 atom stereocenters. The molecule has 1 saturated carbocycles. The summed E-state index contributed by atoms with van der Waals surface area (Å²) >= 11 is 0. The molecule has 108 valence electrons. The maximum Gasteiger partial charge on any atom is 0.150 e. The van der Waals surface area contributed by atoms with Crippen LogP contribution >= 0.6 is 0 Å². The van der Waals surface area contributed by atoms with E-state index in [1.165, 1.54) is 12.8 Å². The normalized spacial score (nSPS) is 20.1. The summed E-state index contributed by atoms with van der Waals surface area (Å²) in [4.78, 5) is 0. The van der Waals surface area contributed by atoms with Gasteiger partial charge >= 0.3 is 0 Å². The van der Waals surface area contributed by atoms with Gasteiger partial charge in [0.25, 0.3) is 0 Å². The molecule has 0 aromatic heterocycles. The van der Waals surface area contributed by atoms with E-state index in [9.17, 15) is 8.42 Å². The van der Waals surface area contributed by atoms with Gasteiger partial charge in [0.15, 0.2) is 0 Å². The van der Waals surface area contributed by atoms with Gasteiger partial charge in [0, 0.05) is 18.3 Å². The van der Waals surface area contributed by atoms with Gasteiger partial charge in [0.2, 0.25) is 0 Å². The Bertz CT molecular complexity index is 347. The molecule has 1 aliphatic carbocycles. The van der Waals surface area contributed by atoms with E-state index in [1.54, 1.807) is 0 Å². The lowest BCUT2D eigenvalue weighted by Gasteiger charge is -2.34. The van der Waals surface area contributed by atoms with E-state index >= 15 is 0 Å². The molecule has 1 aliphatic rings. The third-order valence-corrected chi connectivity index (χ3v) is 6.12. The fraction of sp³-hybridized carbons (Fsp3) is 1.00. The Morgan fingerprint density at radius 3 is 2.33 bits per heavy atom. The van der Waals surface area contributed by atoms with Crippen molar-refractivity contribution in [1.82, 2.24) is 5.32 Å². The molecule has 0 aliphatic heterocycles. The van der Waals surface area contributed by atoms with Crippen molar-refractivity contribution in [2.75, 3.05) is 18.1 Å². The van der Waals surface area contributed by atoms with E-state index in [1.807, 2.05) is 6.92 Å². The van der Waals surface area contributed by atoms with Crippen LogP contribution in [0.2, 0.25) is 0 Å². The highest BCUT2D eigenvalue weighted by Crippen LogP contribution is 2.32. The highest BCUT2D eigenvalue weighted by Gasteiger charge is 2.32. The average molecular weight is 275 g/mol. The largest absolute Gasteiger partial charge is 0.313 e. The molecule has 0 saturated heterocycles. The predicted octanol–water partition coefficient (Wildman–Crippen LogP) is 2.62. The lowest BCUT2D eigenvalue weighted by molar-refractivity contribution is 0.200.